The average molecular weight is 401 g/mol. The van der Waals surface area contributed by atoms with Crippen molar-refractivity contribution in [3.8, 4) is 5.75 Å². The van der Waals surface area contributed by atoms with E-state index >= 15 is 0 Å². The highest BCUT2D eigenvalue weighted by Crippen LogP contribution is 2.31. The molecule has 3 amide bonds. The average Bonchev–Trinajstić information content (AvgIpc) is 2.72. The summed E-state index contributed by atoms with van der Waals surface area (Å²) < 4.78 is 10.7. The van der Waals surface area contributed by atoms with Crippen LogP contribution in [0.4, 0.5) is 4.79 Å². The van der Waals surface area contributed by atoms with E-state index in [0.717, 1.165) is 25.9 Å². The Labute approximate surface area is 170 Å². The Morgan fingerprint density at radius 2 is 1.86 bits per heavy atom. The molecule has 8 nitrogen and oxygen atoms in total. The summed E-state index contributed by atoms with van der Waals surface area (Å²) in [7, 11) is 0. The van der Waals surface area contributed by atoms with Crippen LogP contribution in [0.3, 0.4) is 0 Å². The summed E-state index contributed by atoms with van der Waals surface area (Å²) in [6, 6.07) is 5.94. The lowest BCUT2D eigenvalue weighted by atomic mass is 9.89. The second kappa shape index (κ2) is 9.45. The zero-order valence-corrected chi connectivity index (χ0v) is 16.6. The Balaban J connectivity index is 1.65. The number of hydrogen-bond donors (Lipinski definition) is 2. The molecule has 2 fully saturated rings. The number of urea groups is 1. The first-order valence-electron chi connectivity index (χ1n) is 9.93. The van der Waals surface area contributed by atoms with E-state index in [1.165, 1.54) is 6.42 Å². The van der Waals surface area contributed by atoms with Gasteiger partial charge in [-0.2, -0.15) is 0 Å². The number of carbonyl (C=O) groups excluding carboxylic acids is 3. The first-order chi connectivity index (χ1) is 14.0. The Hall–Kier alpha value is -3.03. The maximum Gasteiger partial charge on any atom is 0.319 e. The van der Waals surface area contributed by atoms with E-state index in [2.05, 4.69) is 17.2 Å². The summed E-state index contributed by atoms with van der Waals surface area (Å²) >= 11 is 0. The molecule has 3 rings (SSSR count). The van der Waals surface area contributed by atoms with Crippen molar-refractivity contribution < 1.29 is 23.9 Å². The van der Waals surface area contributed by atoms with Gasteiger partial charge in [-0.05, 0) is 43.9 Å². The topological polar surface area (TPSA) is 97.0 Å². The van der Waals surface area contributed by atoms with Crippen LogP contribution in [0, 0.1) is 5.92 Å². The first kappa shape index (κ1) is 20.7. The molecule has 1 aromatic carbocycles. The molecule has 0 aliphatic carbocycles. The van der Waals surface area contributed by atoms with Gasteiger partial charge in [0.25, 0.3) is 5.91 Å². The number of carbonyl (C=O) groups is 3. The van der Waals surface area contributed by atoms with Gasteiger partial charge in [0.05, 0.1) is 12.6 Å². The van der Waals surface area contributed by atoms with Crippen molar-refractivity contribution in [2.45, 2.75) is 32.2 Å². The lowest BCUT2D eigenvalue weighted by Gasteiger charge is -2.33. The minimum Gasteiger partial charge on any atom is -0.484 e. The monoisotopic (exact) mass is 401 g/mol. The molecule has 0 bridgehead atoms. The largest absolute Gasteiger partial charge is 0.484 e. The van der Waals surface area contributed by atoms with Crippen LogP contribution in [0.2, 0.25) is 0 Å². The van der Waals surface area contributed by atoms with Crippen molar-refractivity contribution in [1.82, 2.24) is 15.5 Å². The number of hydrogen-bond acceptors (Lipinski definition) is 5. The maximum atomic E-state index is 12.4. The van der Waals surface area contributed by atoms with E-state index < -0.39 is 24.0 Å². The minimum absolute atomic E-state index is 0.00825. The molecule has 0 spiro atoms. The molecule has 1 aromatic rings. The Kier molecular flexibility index (Phi) is 6.74. The van der Waals surface area contributed by atoms with Crippen molar-refractivity contribution in [1.29, 1.82) is 0 Å². The number of likely N-dealkylation sites (tertiary alicyclic amines) is 1. The quantitative estimate of drug-likeness (QED) is 0.712. The van der Waals surface area contributed by atoms with Gasteiger partial charge < -0.3 is 25.0 Å². The summed E-state index contributed by atoms with van der Waals surface area (Å²) in [6.45, 7) is 7.32. The Morgan fingerprint density at radius 3 is 2.52 bits per heavy atom. The van der Waals surface area contributed by atoms with E-state index in [-0.39, 0.29) is 19.1 Å². The molecule has 8 heteroatoms. The highest BCUT2D eigenvalue weighted by Gasteiger charge is 2.38. The molecule has 2 saturated heterocycles. The SMILES string of the molecule is C=C1NC(=O)NC(c2ccc(OCC(=O)N3CCCCC3)cc2)C1C(=O)OCC. The molecular formula is C21H27N3O5. The molecule has 2 aliphatic rings. The lowest BCUT2D eigenvalue weighted by Crippen LogP contribution is -2.51. The van der Waals surface area contributed by atoms with Crippen molar-refractivity contribution in [3.63, 3.8) is 0 Å². The predicted molar refractivity (Wildman–Crippen MR) is 106 cm³/mol. The van der Waals surface area contributed by atoms with Crippen LogP contribution in [0.1, 0.15) is 37.8 Å². The summed E-state index contributed by atoms with van der Waals surface area (Å²) in [5, 5.41) is 5.28. The van der Waals surface area contributed by atoms with E-state index in [4.69, 9.17) is 9.47 Å². The molecule has 29 heavy (non-hydrogen) atoms. The van der Waals surface area contributed by atoms with Gasteiger partial charge in [0, 0.05) is 18.8 Å². The van der Waals surface area contributed by atoms with Gasteiger partial charge in [0.2, 0.25) is 0 Å². The van der Waals surface area contributed by atoms with E-state index in [1.54, 1.807) is 31.2 Å². The highest BCUT2D eigenvalue weighted by molar-refractivity contribution is 5.85. The second-order valence-corrected chi connectivity index (χ2v) is 7.13. The van der Waals surface area contributed by atoms with Gasteiger partial charge in [-0.1, -0.05) is 18.7 Å². The van der Waals surface area contributed by atoms with Gasteiger partial charge in [-0.25, -0.2) is 4.79 Å². The van der Waals surface area contributed by atoms with Gasteiger partial charge in [-0.15, -0.1) is 0 Å². The number of nitrogens with one attached hydrogen (secondary N) is 2. The summed E-state index contributed by atoms with van der Waals surface area (Å²) in [6.07, 6.45) is 3.24. The molecule has 2 N–H and O–H groups in total. The zero-order valence-electron chi connectivity index (χ0n) is 16.6. The summed E-state index contributed by atoms with van der Waals surface area (Å²) in [4.78, 5) is 38.3. The predicted octanol–water partition coefficient (Wildman–Crippen LogP) is 2.12. The van der Waals surface area contributed by atoms with Crippen LogP contribution in [0.25, 0.3) is 0 Å². The Bertz CT molecular complexity index is 771. The van der Waals surface area contributed by atoms with Gasteiger partial charge in [-0.3, -0.25) is 9.59 Å². The summed E-state index contributed by atoms with van der Waals surface area (Å²) in [5.41, 5.74) is 1.01. The van der Waals surface area contributed by atoms with E-state index in [0.29, 0.717) is 17.0 Å². The van der Waals surface area contributed by atoms with E-state index in [1.807, 2.05) is 4.90 Å². The highest BCUT2D eigenvalue weighted by atomic mass is 16.5. The molecule has 2 unspecified atom stereocenters. The number of ether oxygens (including phenoxy) is 2. The normalized spacial score (nSPS) is 21.8. The van der Waals surface area contributed by atoms with Crippen molar-refractivity contribution in [2.24, 2.45) is 5.92 Å². The van der Waals surface area contributed by atoms with E-state index in [9.17, 15) is 14.4 Å². The fourth-order valence-corrected chi connectivity index (χ4v) is 3.62. The van der Waals surface area contributed by atoms with Crippen molar-refractivity contribution >= 4 is 17.9 Å². The number of amides is 3. The van der Waals surface area contributed by atoms with Gasteiger partial charge >= 0.3 is 12.0 Å². The third kappa shape index (κ3) is 5.07. The smallest absolute Gasteiger partial charge is 0.319 e. The van der Waals surface area contributed by atoms with Crippen molar-refractivity contribution in [2.75, 3.05) is 26.3 Å². The van der Waals surface area contributed by atoms with Crippen LogP contribution in [-0.2, 0) is 14.3 Å². The lowest BCUT2D eigenvalue weighted by molar-refractivity contribution is -0.148. The standard InChI is InChI=1S/C21H27N3O5/c1-3-28-20(26)18-14(2)22-21(27)23-19(18)15-7-9-16(10-8-15)29-13-17(25)24-11-5-4-6-12-24/h7-10,18-19H,2-6,11-13H2,1H3,(H2,22,23,27). The van der Waals surface area contributed by atoms with Crippen molar-refractivity contribution in [3.05, 3.63) is 42.1 Å². The first-order valence-corrected chi connectivity index (χ1v) is 9.93. The molecule has 2 atom stereocenters. The maximum absolute atomic E-state index is 12.4. The number of nitrogens with zero attached hydrogens (tertiary/aromatic N) is 1. The number of esters is 1. The van der Waals surface area contributed by atoms with Crippen LogP contribution < -0.4 is 15.4 Å². The molecule has 156 valence electrons. The van der Waals surface area contributed by atoms with Crippen LogP contribution >= 0.6 is 0 Å². The Morgan fingerprint density at radius 1 is 1.17 bits per heavy atom. The number of piperidine rings is 1. The summed E-state index contributed by atoms with van der Waals surface area (Å²) in [5.74, 6) is -0.661. The molecule has 2 heterocycles. The number of benzene rings is 1. The fraction of sp³-hybridized carbons (Fsp3) is 0.476. The molecule has 2 aliphatic heterocycles. The molecular weight excluding hydrogens is 374 g/mol. The number of rotatable bonds is 6. The fourth-order valence-electron chi connectivity index (χ4n) is 3.62. The third-order valence-electron chi connectivity index (χ3n) is 5.12. The van der Waals surface area contributed by atoms with Crippen LogP contribution in [0.5, 0.6) is 5.75 Å². The molecule has 0 saturated carbocycles. The van der Waals surface area contributed by atoms with Gasteiger partial charge in [0.15, 0.2) is 6.61 Å². The minimum atomic E-state index is -0.736. The second-order valence-electron chi connectivity index (χ2n) is 7.13. The molecule has 0 aromatic heterocycles. The molecule has 0 radical (unpaired) electrons. The van der Waals surface area contributed by atoms with Crippen LogP contribution in [0.15, 0.2) is 36.5 Å². The third-order valence-corrected chi connectivity index (χ3v) is 5.12. The van der Waals surface area contributed by atoms with Crippen LogP contribution in [-0.4, -0.2) is 49.1 Å². The zero-order chi connectivity index (χ0) is 20.8. The van der Waals surface area contributed by atoms with Gasteiger partial charge in [0.1, 0.15) is 11.7 Å².